The molecule has 0 spiro atoms. The van der Waals surface area contributed by atoms with Crippen LogP contribution >= 0.6 is 0 Å². The zero-order valence-corrected chi connectivity index (χ0v) is 19.1. The molecular formula is C24H24BFN2O6. The number of nitrogens with zero attached hydrogens (tertiary/aromatic N) is 2. The molecule has 1 N–H and O–H groups in total. The quantitative estimate of drug-likeness (QED) is 0.438. The summed E-state index contributed by atoms with van der Waals surface area (Å²) in [6, 6.07) is 5.93. The van der Waals surface area contributed by atoms with Crippen LogP contribution in [0.3, 0.4) is 0 Å². The monoisotopic (exact) mass is 466 g/mol. The number of carbonyl (C=O) groups excluding carboxylic acids is 1. The molecule has 0 aliphatic carbocycles. The summed E-state index contributed by atoms with van der Waals surface area (Å²) in [5.74, 6) is -2.75. The standard InChI is InChI=1S/C24H24BFN2O6/c1-4-32-23(31)17-21(29)19-20(28(22(17)30)11-16-12-33-24(2,3)34-16)18(25)14(10-27-19)9-13-5-7-15(26)8-6-13/h5-8,10,16,29H,4,9,11-12H2,1-3H3/t16-/m1/s1. The average molecular weight is 466 g/mol. The van der Waals surface area contributed by atoms with Gasteiger partial charge < -0.3 is 23.9 Å². The summed E-state index contributed by atoms with van der Waals surface area (Å²) < 4.78 is 31.0. The smallest absolute Gasteiger partial charge is 0.347 e. The molecule has 0 saturated carbocycles. The van der Waals surface area contributed by atoms with Crippen molar-refractivity contribution in [3.05, 3.63) is 63.3 Å². The van der Waals surface area contributed by atoms with Crippen LogP contribution in [0, 0.1) is 5.82 Å². The average Bonchev–Trinajstić information content (AvgIpc) is 3.13. The van der Waals surface area contributed by atoms with Gasteiger partial charge in [-0.1, -0.05) is 17.6 Å². The molecule has 2 radical (unpaired) electrons. The number of esters is 1. The van der Waals surface area contributed by atoms with E-state index >= 15 is 0 Å². The molecule has 4 rings (SSSR count). The van der Waals surface area contributed by atoms with Gasteiger partial charge in [0, 0.05) is 6.20 Å². The van der Waals surface area contributed by atoms with Crippen molar-refractivity contribution in [1.82, 2.24) is 9.55 Å². The molecule has 10 heteroatoms. The van der Waals surface area contributed by atoms with Gasteiger partial charge in [-0.2, -0.15) is 0 Å². The van der Waals surface area contributed by atoms with Crippen molar-refractivity contribution >= 4 is 30.3 Å². The number of pyridine rings is 2. The van der Waals surface area contributed by atoms with Crippen LogP contribution in [0.1, 0.15) is 42.3 Å². The third-order valence-electron chi connectivity index (χ3n) is 5.61. The Morgan fingerprint density at radius 1 is 1.35 bits per heavy atom. The first-order chi connectivity index (χ1) is 16.1. The lowest BCUT2D eigenvalue weighted by molar-refractivity contribution is -0.139. The lowest BCUT2D eigenvalue weighted by Gasteiger charge is -2.21. The number of carbonyl (C=O) groups is 1. The number of aromatic nitrogens is 2. The zero-order valence-electron chi connectivity index (χ0n) is 19.1. The topological polar surface area (TPSA) is 99.9 Å². The summed E-state index contributed by atoms with van der Waals surface area (Å²) in [5.41, 5.74) is 0.416. The van der Waals surface area contributed by atoms with Gasteiger partial charge in [0.2, 0.25) is 0 Å². The minimum Gasteiger partial charge on any atom is -0.505 e. The molecule has 0 amide bonds. The van der Waals surface area contributed by atoms with Gasteiger partial charge in [-0.15, -0.1) is 0 Å². The number of fused-ring (bicyclic) bond motifs is 1. The van der Waals surface area contributed by atoms with E-state index in [4.69, 9.17) is 22.1 Å². The van der Waals surface area contributed by atoms with Gasteiger partial charge in [0.1, 0.15) is 25.3 Å². The van der Waals surface area contributed by atoms with E-state index in [0.29, 0.717) is 12.0 Å². The molecule has 8 nitrogen and oxygen atoms in total. The third-order valence-corrected chi connectivity index (χ3v) is 5.61. The highest BCUT2D eigenvalue weighted by atomic mass is 19.1. The largest absolute Gasteiger partial charge is 0.505 e. The van der Waals surface area contributed by atoms with Crippen LogP contribution < -0.4 is 11.0 Å². The van der Waals surface area contributed by atoms with E-state index in [0.717, 1.165) is 5.56 Å². The van der Waals surface area contributed by atoms with Gasteiger partial charge in [0.25, 0.3) is 5.56 Å². The van der Waals surface area contributed by atoms with Crippen LogP contribution in [0.2, 0.25) is 0 Å². The van der Waals surface area contributed by atoms with Crippen molar-refractivity contribution in [3.63, 3.8) is 0 Å². The van der Waals surface area contributed by atoms with Crippen LogP contribution in [0.4, 0.5) is 4.39 Å². The minimum absolute atomic E-state index is 0.0112. The van der Waals surface area contributed by atoms with E-state index in [1.165, 1.54) is 22.9 Å². The highest BCUT2D eigenvalue weighted by Crippen LogP contribution is 2.28. The van der Waals surface area contributed by atoms with Gasteiger partial charge in [0.15, 0.2) is 17.1 Å². The van der Waals surface area contributed by atoms with Gasteiger partial charge in [-0.3, -0.25) is 9.78 Å². The molecule has 1 fully saturated rings. The van der Waals surface area contributed by atoms with Gasteiger partial charge >= 0.3 is 5.97 Å². The summed E-state index contributed by atoms with van der Waals surface area (Å²) >= 11 is 0. The van der Waals surface area contributed by atoms with Crippen LogP contribution in [-0.2, 0) is 27.2 Å². The highest BCUT2D eigenvalue weighted by Gasteiger charge is 2.34. The zero-order chi connectivity index (χ0) is 24.6. The Labute approximate surface area is 196 Å². The number of hydrogen-bond acceptors (Lipinski definition) is 7. The van der Waals surface area contributed by atoms with Gasteiger partial charge in [0.05, 0.1) is 25.3 Å². The van der Waals surface area contributed by atoms with Crippen molar-refractivity contribution in [2.75, 3.05) is 13.2 Å². The summed E-state index contributed by atoms with van der Waals surface area (Å²) in [6.45, 7) is 5.36. The van der Waals surface area contributed by atoms with E-state index < -0.39 is 34.7 Å². The molecule has 0 unspecified atom stereocenters. The number of benzene rings is 1. The van der Waals surface area contributed by atoms with Crippen LogP contribution in [0.5, 0.6) is 5.75 Å². The third kappa shape index (κ3) is 4.56. The number of ether oxygens (including phenoxy) is 3. The maximum absolute atomic E-state index is 13.4. The molecule has 1 aromatic carbocycles. The Morgan fingerprint density at radius 2 is 2.06 bits per heavy atom. The van der Waals surface area contributed by atoms with Crippen molar-refractivity contribution in [2.45, 2.75) is 45.6 Å². The lowest BCUT2D eigenvalue weighted by atomic mass is 9.86. The minimum atomic E-state index is -0.958. The second-order valence-electron chi connectivity index (χ2n) is 8.51. The molecule has 176 valence electrons. The van der Waals surface area contributed by atoms with Crippen molar-refractivity contribution < 1.29 is 28.5 Å². The Bertz CT molecular complexity index is 1310. The van der Waals surface area contributed by atoms with E-state index in [1.807, 2.05) is 0 Å². The number of aromatic hydroxyl groups is 1. The molecule has 0 bridgehead atoms. The van der Waals surface area contributed by atoms with Crippen molar-refractivity contribution in [2.24, 2.45) is 0 Å². The van der Waals surface area contributed by atoms with Crippen molar-refractivity contribution in [1.29, 1.82) is 0 Å². The summed E-state index contributed by atoms with van der Waals surface area (Å²) in [6.07, 6.45) is 1.28. The molecule has 3 heterocycles. The van der Waals surface area contributed by atoms with Gasteiger partial charge in [-0.05, 0) is 50.5 Å². The normalized spacial score (nSPS) is 17.2. The second-order valence-corrected chi connectivity index (χ2v) is 8.51. The van der Waals surface area contributed by atoms with E-state index in [-0.39, 0.29) is 42.1 Å². The first-order valence-electron chi connectivity index (χ1n) is 10.9. The molecule has 2 aromatic heterocycles. The van der Waals surface area contributed by atoms with Crippen LogP contribution in [0.15, 0.2) is 35.3 Å². The highest BCUT2D eigenvalue weighted by molar-refractivity contribution is 6.39. The molecule has 1 aliphatic heterocycles. The number of hydrogen-bond donors (Lipinski definition) is 1. The van der Waals surface area contributed by atoms with Gasteiger partial charge in [-0.25, -0.2) is 9.18 Å². The Morgan fingerprint density at radius 3 is 2.68 bits per heavy atom. The lowest BCUT2D eigenvalue weighted by Crippen LogP contribution is -2.35. The van der Waals surface area contributed by atoms with E-state index in [1.54, 1.807) is 32.9 Å². The van der Waals surface area contributed by atoms with Crippen LogP contribution in [-0.4, -0.2) is 53.6 Å². The first-order valence-corrected chi connectivity index (χ1v) is 10.9. The first kappa shape index (κ1) is 23.9. The summed E-state index contributed by atoms with van der Waals surface area (Å²) in [5, 5.41) is 10.8. The van der Waals surface area contributed by atoms with Crippen molar-refractivity contribution in [3.8, 4) is 5.75 Å². The molecule has 1 saturated heterocycles. The Hall–Kier alpha value is -3.24. The Kier molecular flexibility index (Phi) is 6.46. The summed E-state index contributed by atoms with van der Waals surface area (Å²) in [4.78, 5) is 30.2. The maximum atomic E-state index is 13.4. The maximum Gasteiger partial charge on any atom is 0.347 e. The van der Waals surface area contributed by atoms with Crippen LogP contribution in [0.25, 0.3) is 11.0 Å². The molecule has 3 aromatic rings. The predicted octanol–water partition coefficient (Wildman–Crippen LogP) is 1.95. The summed E-state index contributed by atoms with van der Waals surface area (Å²) in [7, 11) is 6.47. The van der Waals surface area contributed by atoms with E-state index in [9.17, 15) is 19.1 Å². The molecule has 34 heavy (non-hydrogen) atoms. The van der Waals surface area contributed by atoms with E-state index in [2.05, 4.69) is 4.98 Å². The SMILES string of the molecule is [B]c1c(Cc2ccc(F)cc2)cnc2c(O)c(C(=O)OCC)c(=O)n(C[C@@H]3COC(C)(C)O3)c12. The number of rotatable bonds is 6. The fourth-order valence-corrected chi connectivity index (χ4v) is 4.04. The fourth-order valence-electron chi connectivity index (χ4n) is 4.04. The second kappa shape index (κ2) is 9.19. The predicted molar refractivity (Wildman–Crippen MR) is 123 cm³/mol. The molecule has 1 aliphatic rings. The molecule has 1 atom stereocenters. The number of halogens is 1. The fraction of sp³-hybridized carbons (Fsp3) is 0.375. The Balaban J connectivity index is 1.88. The molecular weight excluding hydrogens is 442 g/mol.